The Hall–Kier alpha value is -1.75. The van der Waals surface area contributed by atoms with Crippen molar-refractivity contribution in [3.05, 3.63) is 24.3 Å². The second kappa shape index (κ2) is 5.93. The van der Waals surface area contributed by atoms with Crippen LogP contribution < -0.4 is 10.2 Å². The highest BCUT2D eigenvalue weighted by molar-refractivity contribution is 5.72. The fourth-order valence-corrected chi connectivity index (χ4v) is 2.16. The number of hydrogen-bond acceptors (Lipinski definition) is 4. The van der Waals surface area contributed by atoms with Gasteiger partial charge in [0.25, 0.3) is 0 Å². The number of ether oxygens (including phenoxy) is 1. The largest absolute Gasteiger partial charge is 0.479 e. The third-order valence-corrected chi connectivity index (χ3v) is 3.28. The Bertz CT molecular complexity index is 448. The first-order valence-corrected chi connectivity index (χ1v) is 6.46. The van der Waals surface area contributed by atoms with E-state index in [9.17, 15) is 4.79 Å². The standard InChI is InChI=1S/C14H20N2O3/c1-16(2)11-5-3-4-10(8-11)15-9-12-6-7-13(19-12)14(17)18/h3-5,8,12-13,15H,6-7,9H2,1-2H3,(H,17,18). The summed E-state index contributed by atoms with van der Waals surface area (Å²) in [6, 6.07) is 8.09. The number of rotatable bonds is 5. The first-order valence-electron chi connectivity index (χ1n) is 6.46. The third kappa shape index (κ3) is 3.61. The Labute approximate surface area is 113 Å². The molecule has 104 valence electrons. The van der Waals surface area contributed by atoms with Gasteiger partial charge in [-0.15, -0.1) is 0 Å². The van der Waals surface area contributed by atoms with Crippen LogP contribution >= 0.6 is 0 Å². The zero-order chi connectivity index (χ0) is 13.8. The van der Waals surface area contributed by atoms with Gasteiger partial charge in [-0.1, -0.05) is 6.07 Å². The average molecular weight is 264 g/mol. The van der Waals surface area contributed by atoms with Crippen LogP contribution in [0.3, 0.4) is 0 Å². The fourth-order valence-electron chi connectivity index (χ4n) is 2.16. The first kappa shape index (κ1) is 13.7. The van der Waals surface area contributed by atoms with Crippen LogP contribution in [0.2, 0.25) is 0 Å². The number of benzene rings is 1. The lowest BCUT2D eigenvalue weighted by atomic mass is 10.2. The zero-order valence-electron chi connectivity index (χ0n) is 11.3. The molecule has 0 radical (unpaired) electrons. The predicted octanol–water partition coefficient (Wildman–Crippen LogP) is 1.80. The highest BCUT2D eigenvalue weighted by atomic mass is 16.5. The van der Waals surface area contributed by atoms with Gasteiger partial charge in [-0.25, -0.2) is 4.79 Å². The molecule has 1 aliphatic heterocycles. The molecule has 1 aliphatic rings. The molecule has 0 amide bonds. The van der Waals surface area contributed by atoms with Gasteiger partial charge in [0.15, 0.2) is 6.10 Å². The fraction of sp³-hybridized carbons (Fsp3) is 0.500. The topological polar surface area (TPSA) is 61.8 Å². The number of hydrogen-bond donors (Lipinski definition) is 2. The van der Waals surface area contributed by atoms with E-state index < -0.39 is 12.1 Å². The molecule has 5 heteroatoms. The highest BCUT2D eigenvalue weighted by Crippen LogP contribution is 2.22. The van der Waals surface area contributed by atoms with Gasteiger partial charge in [-0.3, -0.25) is 0 Å². The number of carbonyl (C=O) groups is 1. The predicted molar refractivity (Wildman–Crippen MR) is 74.8 cm³/mol. The zero-order valence-corrected chi connectivity index (χ0v) is 11.3. The highest BCUT2D eigenvalue weighted by Gasteiger charge is 2.30. The molecule has 1 aromatic carbocycles. The Morgan fingerprint density at radius 1 is 1.47 bits per heavy atom. The van der Waals surface area contributed by atoms with E-state index in [1.807, 2.05) is 37.2 Å². The maximum atomic E-state index is 10.8. The second-order valence-electron chi connectivity index (χ2n) is 4.99. The Balaban J connectivity index is 1.86. The summed E-state index contributed by atoms with van der Waals surface area (Å²) < 4.78 is 5.45. The molecule has 0 aromatic heterocycles. The van der Waals surface area contributed by atoms with E-state index in [0.717, 1.165) is 17.8 Å². The summed E-state index contributed by atoms with van der Waals surface area (Å²) in [7, 11) is 3.99. The van der Waals surface area contributed by atoms with Crippen LogP contribution in [0.1, 0.15) is 12.8 Å². The molecule has 1 aromatic rings. The van der Waals surface area contributed by atoms with Crippen molar-refractivity contribution in [2.24, 2.45) is 0 Å². The van der Waals surface area contributed by atoms with Crippen molar-refractivity contribution in [2.75, 3.05) is 30.9 Å². The van der Waals surface area contributed by atoms with Crippen molar-refractivity contribution < 1.29 is 14.6 Å². The summed E-state index contributed by atoms with van der Waals surface area (Å²) in [6.45, 7) is 0.640. The van der Waals surface area contributed by atoms with E-state index in [1.54, 1.807) is 0 Å². The van der Waals surface area contributed by atoms with Crippen LogP contribution in [0.15, 0.2) is 24.3 Å². The molecular weight excluding hydrogens is 244 g/mol. The van der Waals surface area contributed by atoms with Crippen LogP contribution in [-0.4, -0.2) is 43.9 Å². The molecule has 2 rings (SSSR count). The van der Waals surface area contributed by atoms with Crippen molar-refractivity contribution >= 4 is 17.3 Å². The van der Waals surface area contributed by atoms with E-state index >= 15 is 0 Å². The van der Waals surface area contributed by atoms with Gasteiger partial charge in [-0.2, -0.15) is 0 Å². The number of carboxylic acid groups (broad SMARTS) is 1. The third-order valence-electron chi connectivity index (χ3n) is 3.28. The number of nitrogens with zero attached hydrogens (tertiary/aromatic N) is 1. The Morgan fingerprint density at radius 2 is 2.26 bits per heavy atom. The van der Waals surface area contributed by atoms with Crippen molar-refractivity contribution in [3.63, 3.8) is 0 Å². The van der Waals surface area contributed by atoms with E-state index in [0.29, 0.717) is 13.0 Å². The van der Waals surface area contributed by atoms with Crippen molar-refractivity contribution in [1.82, 2.24) is 0 Å². The number of nitrogens with one attached hydrogen (secondary N) is 1. The summed E-state index contributed by atoms with van der Waals surface area (Å²) in [5.74, 6) is -0.864. The van der Waals surface area contributed by atoms with Crippen molar-refractivity contribution in [2.45, 2.75) is 25.0 Å². The van der Waals surface area contributed by atoms with Crippen LogP contribution in [0.4, 0.5) is 11.4 Å². The van der Waals surface area contributed by atoms with E-state index in [1.165, 1.54) is 0 Å². The molecule has 1 heterocycles. The van der Waals surface area contributed by atoms with E-state index in [2.05, 4.69) is 11.4 Å². The average Bonchev–Trinajstić information content (AvgIpc) is 2.85. The second-order valence-corrected chi connectivity index (χ2v) is 4.99. The molecule has 0 spiro atoms. The molecule has 0 saturated carbocycles. The molecule has 5 nitrogen and oxygen atoms in total. The first-order chi connectivity index (χ1) is 9.06. The molecule has 1 fully saturated rings. The monoisotopic (exact) mass is 264 g/mol. The van der Waals surface area contributed by atoms with Gasteiger partial charge >= 0.3 is 5.97 Å². The summed E-state index contributed by atoms with van der Waals surface area (Å²) in [5, 5.41) is 12.2. The number of anilines is 2. The van der Waals surface area contributed by atoms with Crippen molar-refractivity contribution in [3.8, 4) is 0 Å². The van der Waals surface area contributed by atoms with E-state index in [-0.39, 0.29) is 6.10 Å². The van der Waals surface area contributed by atoms with Gasteiger partial charge in [0.1, 0.15) is 0 Å². The van der Waals surface area contributed by atoms with Gasteiger partial charge in [0.2, 0.25) is 0 Å². The summed E-state index contributed by atoms with van der Waals surface area (Å²) in [4.78, 5) is 12.8. The number of carboxylic acids is 1. The molecule has 2 N–H and O–H groups in total. The van der Waals surface area contributed by atoms with Gasteiger partial charge in [0, 0.05) is 32.0 Å². The molecule has 0 bridgehead atoms. The quantitative estimate of drug-likeness (QED) is 0.849. The molecule has 2 atom stereocenters. The minimum absolute atomic E-state index is 0.0240. The lowest BCUT2D eigenvalue weighted by molar-refractivity contribution is -0.149. The Morgan fingerprint density at radius 3 is 2.89 bits per heavy atom. The van der Waals surface area contributed by atoms with Gasteiger partial charge in [0.05, 0.1) is 6.10 Å². The molecule has 19 heavy (non-hydrogen) atoms. The molecule has 1 saturated heterocycles. The summed E-state index contributed by atoms with van der Waals surface area (Å²) in [5.41, 5.74) is 2.15. The van der Waals surface area contributed by atoms with Crippen LogP contribution in [0.25, 0.3) is 0 Å². The van der Waals surface area contributed by atoms with E-state index in [4.69, 9.17) is 9.84 Å². The van der Waals surface area contributed by atoms with Gasteiger partial charge in [-0.05, 0) is 31.0 Å². The van der Waals surface area contributed by atoms with Gasteiger partial charge < -0.3 is 20.1 Å². The molecular formula is C14H20N2O3. The van der Waals surface area contributed by atoms with Crippen LogP contribution in [0, 0.1) is 0 Å². The molecule has 2 unspecified atom stereocenters. The normalized spacial score (nSPS) is 22.2. The minimum Gasteiger partial charge on any atom is -0.479 e. The summed E-state index contributed by atoms with van der Waals surface area (Å²) >= 11 is 0. The minimum atomic E-state index is -0.864. The molecule has 0 aliphatic carbocycles. The maximum absolute atomic E-state index is 10.8. The lowest BCUT2D eigenvalue weighted by Gasteiger charge is -2.16. The number of aliphatic carboxylic acids is 1. The lowest BCUT2D eigenvalue weighted by Crippen LogP contribution is -2.24. The smallest absolute Gasteiger partial charge is 0.332 e. The maximum Gasteiger partial charge on any atom is 0.332 e. The Kier molecular flexibility index (Phi) is 4.27. The van der Waals surface area contributed by atoms with Crippen LogP contribution in [-0.2, 0) is 9.53 Å². The van der Waals surface area contributed by atoms with Crippen LogP contribution in [0.5, 0.6) is 0 Å². The van der Waals surface area contributed by atoms with Crippen molar-refractivity contribution in [1.29, 1.82) is 0 Å². The summed E-state index contributed by atoms with van der Waals surface area (Å²) in [6.07, 6.45) is 0.723. The SMILES string of the molecule is CN(C)c1cccc(NCC2CCC(C(=O)O)O2)c1.